The smallest absolute Gasteiger partial charge is 0.410 e. The van der Waals surface area contributed by atoms with Crippen molar-refractivity contribution < 1.29 is 19.4 Å². The Morgan fingerprint density at radius 3 is 2.26 bits per heavy atom. The number of amides is 1. The highest BCUT2D eigenvalue weighted by atomic mass is 16.6. The Kier molecular flexibility index (Phi) is 7.70. The zero-order valence-corrected chi connectivity index (χ0v) is 18.6. The SMILES string of the molecule is CC(C)(C)OC(=O)N1CC(OCc2ccccc2)CC1[C@@H](O)[C@@H](N)Cc1ccccc1. The van der Waals surface area contributed by atoms with E-state index in [2.05, 4.69) is 0 Å². The Morgan fingerprint density at radius 1 is 1.10 bits per heavy atom. The van der Waals surface area contributed by atoms with Crippen molar-refractivity contribution in [3.05, 3.63) is 71.8 Å². The number of hydrogen-bond acceptors (Lipinski definition) is 5. The van der Waals surface area contributed by atoms with Crippen molar-refractivity contribution in [2.75, 3.05) is 6.54 Å². The number of ether oxygens (including phenoxy) is 2. The molecule has 3 N–H and O–H groups in total. The number of benzene rings is 2. The summed E-state index contributed by atoms with van der Waals surface area (Å²) < 4.78 is 11.7. The molecule has 2 aromatic rings. The van der Waals surface area contributed by atoms with Crippen LogP contribution in [0.25, 0.3) is 0 Å². The van der Waals surface area contributed by atoms with Crippen LogP contribution in [-0.2, 0) is 22.5 Å². The van der Waals surface area contributed by atoms with Gasteiger partial charge in [-0.3, -0.25) is 4.90 Å². The van der Waals surface area contributed by atoms with Crippen molar-refractivity contribution >= 4 is 6.09 Å². The van der Waals surface area contributed by atoms with Gasteiger partial charge in [0.1, 0.15) is 5.60 Å². The summed E-state index contributed by atoms with van der Waals surface area (Å²) in [5.41, 5.74) is 7.85. The quantitative estimate of drug-likeness (QED) is 0.708. The van der Waals surface area contributed by atoms with Crippen molar-refractivity contribution in [2.45, 2.75) is 70.1 Å². The van der Waals surface area contributed by atoms with Crippen molar-refractivity contribution in [1.82, 2.24) is 4.90 Å². The first-order valence-electron chi connectivity index (χ1n) is 10.9. The minimum atomic E-state index is -0.891. The molecule has 6 heteroatoms. The lowest BCUT2D eigenvalue weighted by molar-refractivity contribution is -0.000334. The third kappa shape index (κ3) is 6.79. The third-order valence-corrected chi connectivity index (χ3v) is 5.41. The highest BCUT2D eigenvalue weighted by Gasteiger charge is 2.43. The zero-order valence-electron chi connectivity index (χ0n) is 18.6. The lowest BCUT2D eigenvalue weighted by Crippen LogP contribution is -2.52. The van der Waals surface area contributed by atoms with Crippen LogP contribution in [0.4, 0.5) is 4.79 Å². The fourth-order valence-electron chi connectivity index (χ4n) is 3.88. The van der Waals surface area contributed by atoms with E-state index in [1.165, 1.54) is 0 Å². The molecule has 4 atom stereocenters. The minimum absolute atomic E-state index is 0.198. The van der Waals surface area contributed by atoms with Crippen molar-refractivity contribution in [1.29, 1.82) is 0 Å². The molecule has 168 valence electrons. The molecule has 1 heterocycles. The van der Waals surface area contributed by atoms with Crippen molar-refractivity contribution in [3.8, 4) is 0 Å². The molecule has 0 spiro atoms. The molecule has 31 heavy (non-hydrogen) atoms. The van der Waals surface area contributed by atoms with Crippen LogP contribution in [0.3, 0.4) is 0 Å². The zero-order chi connectivity index (χ0) is 22.4. The average Bonchev–Trinajstić information content (AvgIpc) is 3.16. The van der Waals surface area contributed by atoms with E-state index in [4.69, 9.17) is 15.2 Å². The van der Waals surface area contributed by atoms with Crippen LogP contribution < -0.4 is 5.73 Å². The largest absolute Gasteiger partial charge is 0.444 e. The highest BCUT2D eigenvalue weighted by molar-refractivity contribution is 5.69. The number of nitrogens with zero attached hydrogens (tertiary/aromatic N) is 1. The van der Waals surface area contributed by atoms with Gasteiger partial charge in [-0.2, -0.15) is 0 Å². The molecule has 3 rings (SSSR count). The van der Waals surface area contributed by atoms with E-state index >= 15 is 0 Å². The van der Waals surface area contributed by atoms with Gasteiger partial charge in [-0.15, -0.1) is 0 Å². The number of hydrogen-bond donors (Lipinski definition) is 2. The van der Waals surface area contributed by atoms with Crippen LogP contribution in [0, 0.1) is 0 Å². The van der Waals surface area contributed by atoms with Gasteiger partial charge in [0.15, 0.2) is 0 Å². The van der Waals surface area contributed by atoms with Crippen LogP contribution in [-0.4, -0.2) is 52.5 Å². The molecule has 0 aromatic heterocycles. The number of aliphatic hydroxyl groups excluding tert-OH is 1. The molecule has 0 aliphatic carbocycles. The lowest BCUT2D eigenvalue weighted by Gasteiger charge is -2.33. The maximum Gasteiger partial charge on any atom is 0.410 e. The van der Waals surface area contributed by atoms with E-state index < -0.39 is 29.9 Å². The van der Waals surface area contributed by atoms with Gasteiger partial charge >= 0.3 is 6.09 Å². The van der Waals surface area contributed by atoms with Gasteiger partial charge in [0.05, 0.1) is 31.4 Å². The third-order valence-electron chi connectivity index (χ3n) is 5.41. The normalized spacial score (nSPS) is 21.0. The molecule has 1 amide bonds. The first-order valence-corrected chi connectivity index (χ1v) is 10.9. The summed E-state index contributed by atoms with van der Waals surface area (Å²) in [6.07, 6.45) is -0.505. The molecule has 1 fully saturated rings. The Hall–Kier alpha value is -2.41. The molecule has 2 unspecified atom stereocenters. The molecular formula is C25H34N2O4. The second kappa shape index (κ2) is 10.3. The number of aliphatic hydroxyl groups is 1. The molecule has 1 saturated heterocycles. The summed E-state index contributed by atoms with van der Waals surface area (Å²) in [5.74, 6) is 0. The summed E-state index contributed by atoms with van der Waals surface area (Å²) in [4.78, 5) is 14.5. The van der Waals surface area contributed by atoms with Crippen LogP contribution >= 0.6 is 0 Å². The summed E-state index contributed by atoms with van der Waals surface area (Å²) in [7, 11) is 0. The van der Waals surface area contributed by atoms with E-state index in [-0.39, 0.29) is 6.10 Å². The van der Waals surface area contributed by atoms with E-state index in [0.717, 1.165) is 11.1 Å². The minimum Gasteiger partial charge on any atom is -0.444 e. The van der Waals surface area contributed by atoms with Crippen LogP contribution in [0.1, 0.15) is 38.3 Å². The summed E-state index contributed by atoms with van der Waals surface area (Å²) in [5, 5.41) is 11.1. The second-order valence-electron chi connectivity index (χ2n) is 9.20. The monoisotopic (exact) mass is 426 g/mol. The predicted octanol–water partition coefficient (Wildman–Crippen LogP) is 3.51. The molecule has 6 nitrogen and oxygen atoms in total. The van der Waals surface area contributed by atoms with Crippen LogP contribution in [0.2, 0.25) is 0 Å². The standard InChI is InChI=1S/C25H34N2O4/c1-25(2,3)31-24(29)27-16-20(30-17-19-12-8-5-9-13-19)15-22(27)23(28)21(26)14-18-10-6-4-7-11-18/h4-13,20-23,28H,14-17,26H2,1-3H3/t20?,21-,22?,23-/m0/s1. The molecule has 0 bridgehead atoms. The van der Waals surface area contributed by atoms with Gasteiger partial charge in [-0.1, -0.05) is 60.7 Å². The number of rotatable bonds is 7. The fraction of sp³-hybridized carbons (Fsp3) is 0.480. The van der Waals surface area contributed by atoms with Crippen LogP contribution in [0.5, 0.6) is 0 Å². The molecular weight excluding hydrogens is 392 g/mol. The van der Waals surface area contributed by atoms with Crippen molar-refractivity contribution in [2.24, 2.45) is 5.73 Å². The van der Waals surface area contributed by atoms with E-state index in [1.807, 2.05) is 81.4 Å². The number of carbonyl (C=O) groups is 1. The molecule has 2 aromatic carbocycles. The molecule has 1 aliphatic heterocycles. The van der Waals surface area contributed by atoms with Gasteiger partial charge in [0.2, 0.25) is 0 Å². The number of nitrogens with two attached hydrogens (primary N) is 1. The van der Waals surface area contributed by atoms with Gasteiger partial charge in [-0.25, -0.2) is 4.79 Å². The molecule has 0 saturated carbocycles. The maximum absolute atomic E-state index is 12.9. The first kappa shape index (κ1) is 23.3. The van der Waals surface area contributed by atoms with Crippen LogP contribution in [0.15, 0.2) is 60.7 Å². The second-order valence-corrected chi connectivity index (χ2v) is 9.20. The predicted molar refractivity (Wildman–Crippen MR) is 120 cm³/mol. The molecule has 1 aliphatic rings. The lowest BCUT2D eigenvalue weighted by atomic mass is 9.95. The molecule has 0 radical (unpaired) electrons. The first-order chi connectivity index (χ1) is 14.7. The van der Waals surface area contributed by atoms with E-state index in [9.17, 15) is 9.90 Å². The van der Waals surface area contributed by atoms with Gasteiger partial charge in [0.25, 0.3) is 0 Å². The van der Waals surface area contributed by atoms with Gasteiger partial charge in [-0.05, 0) is 44.7 Å². The Bertz CT molecular complexity index is 822. The number of likely N-dealkylation sites (tertiary alicyclic amines) is 1. The van der Waals surface area contributed by atoms with Gasteiger partial charge in [0, 0.05) is 6.04 Å². The maximum atomic E-state index is 12.9. The van der Waals surface area contributed by atoms with Crippen molar-refractivity contribution in [3.63, 3.8) is 0 Å². The Labute approximate surface area is 185 Å². The Morgan fingerprint density at radius 2 is 1.68 bits per heavy atom. The topological polar surface area (TPSA) is 85.0 Å². The number of carbonyl (C=O) groups excluding carboxylic acids is 1. The Balaban J connectivity index is 1.69. The summed E-state index contributed by atoms with van der Waals surface area (Å²) in [6.45, 7) is 6.30. The van der Waals surface area contributed by atoms with E-state index in [1.54, 1.807) is 4.90 Å². The average molecular weight is 427 g/mol. The summed E-state index contributed by atoms with van der Waals surface area (Å²) >= 11 is 0. The summed E-state index contributed by atoms with van der Waals surface area (Å²) in [6, 6.07) is 18.7. The fourth-order valence-corrected chi connectivity index (χ4v) is 3.88. The highest BCUT2D eigenvalue weighted by Crippen LogP contribution is 2.27. The van der Waals surface area contributed by atoms with Gasteiger partial charge < -0.3 is 20.3 Å². The van der Waals surface area contributed by atoms with E-state index in [0.29, 0.717) is 26.0 Å².